The molecule has 0 atom stereocenters. The van der Waals surface area contributed by atoms with Gasteiger partial charge in [-0.2, -0.15) is 4.31 Å². The maximum absolute atomic E-state index is 12.5. The second kappa shape index (κ2) is 10.8. The SMILES string of the molecule is CCN(CC)S(=O)(=O)c1ccc(NC(=O)COC(=O)c2cccc(OC)c2OC)cc1. The number of rotatable bonds is 10. The molecule has 0 saturated heterocycles. The molecular weight excluding hydrogens is 424 g/mol. The van der Waals surface area contributed by atoms with Crippen LogP contribution in [0.3, 0.4) is 0 Å². The standard InChI is InChI=1S/C21H26N2O7S/c1-5-23(6-2)31(26,27)16-12-10-15(11-13-16)22-19(24)14-30-21(25)17-8-7-9-18(28-3)20(17)29-4/h7-13H,5-6,14H2,1-4H3,(H,22,24). The summed E-state index contributed by atoms with van der Waals surface area (Å²) in [7, 11) is -0.744. The highest BCUT2D eigenvalue weighted by molar-refractivity contribution is 7.89. The van der Waals surface area contributed by atoms with Crippen LogP contribution in [0.2, 0.25) is 0 Å². The highest BCUT2D eigenvalue weighted by Gasteiger charge is 2.22. The Bertz CT molecular complexity index is 1020. The van der Waals surface area contributed by atoms with Gasteiger partial charge < -0.3 is 19.5 Å². The number of benzene rings is 2. The van der Waals surface area contributed by atoms with Gasteiger partial charge in [0, 0.05) is 18.8 Å². The van der Waals surface area contributed by atoms with Gasteiger partial charge in [0.1, 0.15) is 5.56 Å². The van der Waals surface area contributed by atoms with Crippen molar-refractivity contribution in [1.82, 2.24) is 4.31 Å². The van der Waals surface area contributed by atoms with Gasteiger partial charge >= 0.3 is 5.97 Å². The van der Waals surface area contributed by atoms with Crippen molar-refractivity contribution in [2.75, 3.05) is 39.2 Å². The van der Waals surface area contributed by atoms with Crippen molar-refractivity contribution < 1.29 is 32.2 Å². The summed E-state index contributed by atoms with van der Waals surface area (Å²) in [5.74, 6) is -0.748. The molecule has 0 aromatic heterocycles. The Labute approximate surface area is 182 Å². The van der Waals surface area contributed by atoms with Gasteiger partial charge in [0.2, 0.25) is 10.0 Å². The molecule has 2 aromatic carbocycles. The molecule has 0 unspecified atom stereocenters. The number of nitrogens with one attached hydrogen (secondary N) is 1. The Kier molecular flexibility index (Phi) is 8.40. The molecule has 10 heteroatoms. The van der Waals surface area contributed by atoms with E-state index in [0.717, 1.165) is 0 Å². The van der Waals surface area contributed by atoms with E-state index in [2.05, 4.69) is 5.32 Å². The molecule has 2 aromatic rings. The summed E-state index contributed by atoms with van der Waals surface area (Å²) >= 11 is 0. The summed E-state index contributed by atoms with van der Waals surface area (Å²) in [5, 5.41) is 2.56. The number of ether oxygens (including phenoxy) is 3. The molecule has 2 rings (SSSR count). The quantitative estimate of drug-likeness (QED) is 0.554. The third-order valence-electron chi connectivity index (χ3n) is 4.44. The van der Waals surface area contributed by atoms with Gasteiger partial charge in [0.05, 0.1) is 19.1 Å². The number of hydrogen-bond donors (Lipinski definition) is 1. The second-order valence-corrected chi connectivity index (χ2v) is 8.22. The second-order valence-electron chi connectivity index (χ2n) is 6.28. The molecule has 0 aliphatic heterocycles. The molecule has 31 heavy (non-hydrogen) atoms. The van der Waals surface area contributed by atoms with E-state index >= 15 is 0 Å². The molecule has 0 saturated carbocycles. The van der Waals surface area contributed by atoms with Crippen molar-refractivity contribution in [2.45, 2.75) is 18.7 Å². The number of amides is 1. The molecule has 1 amide bonds. The van der Waals surface area contributed by atoms with Gasteiger partial charge in [-0.3, -0.25) is 4.79 Å². The van der Waals surface area contributed by atoms with E-state index in [-0.39, 0.29) is 16.2 Å². The fourth-order valence-corrected chi connectivity index (χ4v) is 4.33. The number of nitrogens with zero attached hydrogens (tertiary/aromatic N) is 1. The molecule has 0 radical (unpaired) electrons. The van der Waals surface area contributed by atoms with Crippen LogP contribution in [0.5, 0.6) is 11.5 Å². The molecule has 0 heterocycles. The number of sulfonamides is 1. The van der Waals surface area contributed by atoms with Crippen LogP contribution in [-0.2, 0) is 19.6 Å². The molecule has 9 nitrogen and oxygen atoms in total. The Morgan fingerprint density at radius 3 is 2.16 bits per heavy atom. The van der Waals surface area contributed by atoms with Crippen LogP contribution < -0.4 is 14.8 Å². The minimum atomic E-state index is -3.58. The first-order valence-electron chi connectivity index (χ1n) is 9.56. The van der Waals surface area contributed by atoms with E-state index in [4.69, 9.17) is 14.2 Å². The van der Waals surface area contributed by atoms with E-state index < -0.39 is 28.5 Å². The third-order valence-corrected chi connectivity index (χ3v) is 6.50. The van der Waals surface area contributed by atoms with Crippen LogP contribution in [0.25, 0.3) is 0 Å². The van der Waals surface area contributed by atoms with Crippen molar-refractivity contribution >= 4 is 27.6 Å². The Morgan fingerprint density at radius 2 is 1.61 bits per heavy atom. The molecule has 168 valence electrons. The summed E-state index contributed by atoms with van der Waals surface area (Å²) in [6.45, 7) is 3.72. The zero-order valence-electron chi connectivity index (χ0n) is 17.9. The van der Waals surface area contributed by atoms with Gasteiger partial charge in [-0.05, 0) is 36.4 Å². The van der Waals surface area contributed by atoms with Crippen molar-refractivity contribution in [3.63, 3.8) is 0 Å². The lowest BCUT2D eigenvalue weighted by Crippen LogP contribution is -2.30. The maximum Gasteiger partial charge on any atom is 0.342 e. The van der Waals surface area contributed by atoms with Gasteiger partial charge in [0.25, 0.3) is 5.91 Å². The van der Waals surface area contributed by atoms with Crippen LogP contribution in [0, 0.1) is 0 Å². The average molecular weight is 451 g/mol. The minimum absolute atomic E-state index is 0.126. The first kappa shape index (κ1) is 24.2. The van der Waals surface area contributed by atoms with E-state index in [1.54, 1.807) is 26.0 Å². The topological polar surface area (TPSA) is 111 Å². The summed E-state index contributed by atoms with van der Waals surface area (Å²) in [6, 6.07) is 10.5. The van der Waals surface area contributed by atoms with Crippen LogP contribution in [0.1, 0.15) is 24.2 Å². The number of para-hydroxylation sites is 1. The van der Waals surface area contributed by atoms with E-state index in [1.807, 2.05) is 0 Å². The first-order valence-corrected chi connectivity index (χ1v) is 11.0. The third kappa shape index (κ3) is 5.74. The van der Waals surface area contributed by atoms with Gasteiger partial charge in [-0.1, -0.05) is 19.9 Å². The van der Waals surface area contributed by atoms with E-state index in [0.29, 0.717) is 24.5 Å². The molecule has 0 fully saturated rings. The van der Waals surface area contributed by atoms with Gasteiger partial charge in [-0.15, -0.1) is 0 Å². The summed E-state index contributed by atoms with van der Waals surface area (Å²) in [6.07, 6.45) is 0. The van der Waals surface area contributed by atoms with Crippen LogP contribution in [0.4, 0.5) is 5.69 Å². The molecule has 0 bridgehead atoms. The lowest BCUT2D eigenvalue weighted by molar-refractivity contribution is -0.119. The van der Waals surface area contributed by atoms with Crippen molar-refractivity contribution in [1.29, 1.82) is 0 Å². The minimum Gasteiger partial charge on any atom is -0.493 e. The van der Waals surface area contributed by atoms with Gasteiger partial charge in [-0.25, -0.2) is 13.2 Å². The lowest BCUT2D eigenvalue weighted by atomic mass is 10.2. The Balaban J connectivity index is 2.00. The van der Waals surface area contributed by atoms with Gasteiger partial charge in [0.15, 0.2) is 18.1 Å². The summed E-state index contributed by atoms with van der Waals surface area (Å²) < 4.78 is 41.7. The molecule has 0 aliphatic rings. The molecule has 1 N–H and O–H groups in total. The summed E-state index contributed by atoms with van der Waals surface area (Å²) in [5.41, 5.74) is 0.499. The predicted octanol–water partition coefficient (Wildman–Crippen LogP) is 2.53. The molecule has 0 aliphatic carbocycles. The number of anilines is 1. The smallest absolute Gasteiger partial charge is 0.342 e. The van der Waals surface area contributed by atoms with E-state index in [1.165, 1.54) is 48.9 Å². The normalized spacial score (nSPS) is 11.1. The fourth-order valence-electron chi connectivity index (χ4n) is 2.88. The number of esters is 1. The van der Waals surface area contributed by atoms with Crippen molar-refractivity contribution in [3.05, 3.63) is 48.0 Å². The average Bonchev–Trinajstić information content (AvgIpc) is 2.77. The Hall–Kier alpha value is -3.11. The monoisotopic (exact) mass is 450 g/mol. The number of hydrogen-bond acceptors (Lipinski definition) is 7. The zero-order valence-corrected chi connectivity index (χ0v) is 18.7. The summed E-state index contributed by atoms with van der Waals surface area (Å²) in [4.78, 5) is 24.6. The highest BCUT2D eigenvalue weighted by Crippen LogP contribution is 2.31. The van der Waals surface area contributed by atoms with Crippen molar-refractivity contribution in [3.8, 4) is 11.5 Å². The zero-order chi connectivity index (χ0) is 23.0. The largest absolute Gasteiger partial charge is 0.493 e. The lowest BCUT2D eigenvalue weighted by Gasteiger charge is -2.18. The fraction of sp³-hybridized carbons (Fsp3) is 0.333. The number of carbonyl (C=O) groups excluding carboxylic acids is 2. The highest BCUT2D eigenvalue weighted by atomic mass is 32.2. The van der Waals surface area contributed by atoms with Crippen LogP contribution in [0.15, 0.2) is 47.4 Å². The maximum atomic E-state index is 12.5. The predicted molar refractivity (Wildman–Crippen MR) is 115 cm³/mol. The van der Waals surface area contributed by atoms with Crippen LogP contribution in [-0.4, -0.2) is 58.5 Å². The van der Waals surface area contributed by atoms with E-state index in [9.17, 15) is 18.0 Å². The van der Waals surface area contributed by atoms with Crippen molar-refractivity contribution in [2.24, 2.45) is 0 Å². The molecular formula is C21H26N2O7S. The number of methoxy groups -OCH3 is 2. The Morgan fingerprint density at radius 1 is 0.968 bits per heavy atom. The number of carbonyl (C=O) groups is 2. The first-order chi connectivity index (χ1) is 14.8. The molecule has 0 spiro atoms. The van der Waals surface area contributed by atoms with Crippen LogP contribution >= 0.6 is 0 Å².